The van der Waals surface area contributed by atoms with Crippen LogP contribution in [0.5, 0.6) is 0 Å². The molecule has 7 nitrogen and oxygen atoms in total. The minimum atomic E-state index is -3.27. The van der Waals surface area contributed by atoms with Crippen molar-refractivity contribution in [3.8, 4) is 0 Å². The average molecular weight is 370 g/mol. The van der Waals surface area contributed by atoms with Gasteiger partial charge in [0.05, 0.1) is 29.0 Å². The highest BCUT2D eigenvalue weighted by molar-refractivity contribution is 7.93. The smallest absolute Gasteiger partial charge is 0.251 e. The van der Waals surface area contributed by atoms with Gasteiger partial charge in [-0.15, -0.1) is 0 Å². The minimum Gasteiger partial charge on any atom is -0.345 e. The van der Waals surface area contributed by atoms with E-state index in [4.69, 9.17) is 0 Å². The number of amides is 1. The lowest BCUT2D eigenvalue weighted by Crippen LogP contribution is -2.26. The molecule has 26 heavy (non-hydrogen) atoms. The number of fused-ring (bicyclic) bond motifs is 1. The molecule has 3 aromatic rings. The van der Waals surface area contributed by atoms with E-state index < -0.39 is 10.0 Å². The maximum absolute atomic E-state index is 12.4. The molecule has 0 unspecified atom stereocenters. The molecule has 1 aromatic heterocycles. The van der Waals surface area contributed by atoms with Gasteiger partial charge in [-0.05, 0) is 36.8 Å². The van der Waals surface area contributed by atoms with Crippen LogP contribution in [0.3, 0.4) is 0 Å². The monoisotopic (exact) mass is 370 g/mol. The highest BCUT2D eigenvalue weighted by Crippen LogP contribution is 2.24. The molecule has 2 N–H and O–H groups in total. The second-order valence-electron chi connectivity index (χ2n) is 6.18. The van der Waals surface area contributed by atoms with Crippen LogP contribution in [0, 0.1) is 0 Å². The van der Waals surface area contributed by atoms with E-state index in [9.17, 15) is 13.2 Å². The van der Waals surface area contributed by atoms with E-state index in [2.05, 4.69) is 15.3 Å². The van der Waals surface area contributed by atoms with Crippen LogP contribution >= 0.6 is 0 Å². The Morgan fingerprint density at radius 3 is 2.81 bits per heavy atom. The number of anilines is 1. The zero-order valence-corrected chi connectivity index (χ0v) is 14.8. The number of carbonyl (C=O) groups excluding carboxylic acids is 1. The Morgan fingerprint density at radius 2 is 2.04 bits per heavy atom. The predicted molar refractivity (Wildman–Crippen MR) is 99.5 cm³/mol. The van der Waals surface area contributed by atoms with E-state index in [1.165, 1.54) is 4.31 Å². The van der Waals surface area contributed by atoms with Gasteiger partial charge in [0.1, 0.15) is 5.82 Å². The molecule has 4 rings (SSSR count). The highest BCUT2D eigenvalue weighted by Gasteiger charge is 2.28. The summed E-state index contributed by atoms with van der Waals surface area (Å²) >= 11 is 0. The van der Waals surface area contributed by atoms with Crippen LogP contribution in [0.15, 0.2) is 48.5 Å². The highest BCUT2D eigenvalue weighted by atomic mass is 32.2. The standard InChI is InChI=1S/C18H18N4O3S/c23-18(19-12-17-20-15-7-1-2-8-16(15)21-17)13-5-3-6-14(11-13)22-9-4-10-26(22,24)25/h1-3,5-8,11H,4,9-10,12H2,(H,19,23)(H,20,21). The summed E-state index contributed by atoms with van der Waals surface area (Å²) in [7, 11) is -3.27. The Balaban J connectivity index is 1.49. The van der Waals surface area contributed by atoms with Gasteiger partial charge in [-0.25, -0.2) is 13.4 Å². The molecule has 1 saturated heterocycles. The van der Waals surface area contributed by atoms with Crippen molar-refractivity contribution >= 4 is 32.7 Å². The average Bonchev–Trinajstić information content (AvgIpc) is 3.21. The van der Waals surface area contributed by atoms with Crippen molar-refractivity contribution in [2.75, 3.05) is 16.6 Å². The van der Waals surface area contributed by atoms with E-state index >= 15 is 0 Å². The molecular formula is C18H18N4O3S. The first kappa shape index (κ1) is 16.6. The predicted octanol–water partition coefficient (Wildman–Crippen LogP) is 2.03. The van der Waals surface area contributed by atoms with E-state index in [0.717, 1.165) is 11.0 Å². The molecule has 2 heterocycles. The first-order valence-electron chi connectivity index (χ1n) is 8.35. The maximum Gasteiger partial charge on any atom is 0.251 e. The molecule has 0 radical (unpaired) electrons. The number of para-hydroxylation sites is 2. The van der Waals surface area contributed by atoms with Crippen LogP contribution in [0.1, 0.15) is 22.6 Å². The van der Waals surface area contributed by atoms with Crippen molar-refractivity contribution in [2.24, 2.45) is 0 Å². The van der Waals surface area contributed by atoms with Gasteiger partial charge < -0.3 is 10.3 Å². The second-order valence-corrected chi connectivity index (χ2v) is 8.19. The molecule has 1 fully saturated rings. The Labute approximate surface area is 151 Å². The largest absolute Gasteiger partial charge is 0.345 e. The van der Waals surface area contributed by atoms with Gasteiger partial charge in [-0.2, -0.15) is 0 Å². The first-order chi connectivity index (χ1) is 12.5. The molecule has 134 valence electrons. The Morgan fingerprint density at radius 1 is 1.19 bits per heavy atom. The number of hydrogen-bond acceptors (Lipinski definition) is 4. The van der Waals surface area contributed by atoms with Gasteiger partial charge in [0.25, 0.3) is 5.91 Å². The van der Waals surface area contributed by atoms with Crippen molar-refractivity contribution in [3.05, 3.63) is 59.9 Å². The lowest BCUT2D eigenvalue weighted by atomic mass is 10.2. The van der Waals surface area contributed by atoms with Gasteiger partial charge in [-0.3, -0.25) is 9.10 Å². The van der Waals surface area contributed by atoms with Crippen LogP contribution in [0.2, 0.25) is 0 Å². The molecule has 1 aliphatic heterocycles. The number of aromatic amines is 1. The Bertz CT molecular complexity index is 1040. The molecule has 2 aromatic carbocycles. The van der Waals surface area contributed by atoms with Crippen LogP contribution < -0.4 is 9.62 Å². The Kier molecular flexibility index (Phi) is 4.12. The third kappa shape index (κ3) is 3.15. The summed E-state index contributed by atoms with van der Waals surface area (Å²) in [6, 6.07) is 14.3. The summed E-state index contributed by atoms with van der Waals surface area (Å²) in [5, 5.41) is 2.81. The van der Waals surface area contributed by atoms with Crippen LogP contribution in [-0.4, -0.2) is 36.6 Å². The molecule has 0 bridgehead atoms. The zero-order chi connectivity index (χ0) is 18.1. The van der Waals surface area contributed by atoms with Gasteiger partial charge in [0.15, 0.2) is 0 Å². The summed E-state index contributed by atoms with van der Waals surface area (Å²) in [5.41, 5.74) is 2.70. The summed E-state index contributed by atoms with van der Waals surface area (Å²) in [6.45, 7) is 0.714. The van der Waals surface area contributed by atoms with E-state index in [0.29, 0.717) is 30.0 Å². The number of benzene rings is 2. The molecule has 8 heteroatoms. The SMILES string of the molecule is O=C(NCc1nc2ccccc2[nH]1)c1cccc(N2CCCS2(=O)=O)c1. The zero-order valence-electron chi connectivity index (χ0n) is 14.0. The summed E-state index contributed by atoms with van der Waals surface area (Å²) < 4.78 is 25.5. The van der Waals surface area contributed by atoms with Crippen molar-refractivity contribution < 1.29 is 13.2 Å². The van der Waals surface area contributed by atoms with Gasteiger partial charge >= 0.3 is 0 Å². The van der Waals surface area contributed by atoms with Crippen LogP contribution in [0.4, 0.5) is 5.69 Å². The molecule has 0 aliphatic carbocycles. The lowest BCUT2D eigenvalue weighted by molar-refractivity contribution is 0.0950. The van der Waals surface area contributed by atoms with Gasteiger partial charge in [0, 0.05) is 12.1 Å². The number of nitrogens with one attached hydrogen (secondary N) is 2. The molecule has 0 spiro atoms. The fourth-order valence-electron chi connectivity index (χ4n) is 3.09. The Hall–Kier alpha value is -2.87. The van der Waals surface area contributed by atoms with E-state index in [1.807, 2.05) is 24.3 Å². The lowest BCUT2D eigenvalue weighted by Gasteiger charge is -2.17. The summed E-state index contributed by atoms with van der Waals surface area (Å²) in [6.07, 6.45) is 0.602. The van der Waals surface area contributed by atoms with Crippen molar-refractivity contribution in [1.29, 1.82) is 0 Å². The molecule has 1 amide bonds. The fraction of sp³-hybridized carbons (Fsp3) is 0.222. The first-order valence-corrected chi connectivity index (χ1v) is 9.96. The number of rotatable bonds is 4. The number of sulfonamides is 1. The van der Waals surface area contributed by atoms with Crippen LogP contribution in [-0.2, 0) is 16.6 Å². The molecular weight excluding hydrogens is 352 g/mol. The topological polar surface area (TPSA) is 95.2 Å². The maximum atomic E-state index is 12.4. The number of hydrogen-bond donors (Lipinski definition) is 2. The summed E-state index contributed by atoms with van der Waals surface area (Å²) in [4.78, 5) is 20.0. The number of aromatic nitrogens is 2. The third-order valence-electron chi connectivity index (χ3n) is 4.35. The van der Waals surface area contributed by atoms with E-state index in [-0.39, 0.29) is 18.2 Å². The number of nitrogens with zero attached hydrogens (tertiary/aromatic N) is 2. The van der Waals surface area contributed by atoms with Gasteiger partial charge in [-0.1, -0.05) is 18.2 Å². The van der Waals surface area contributed by atoms with Crippen molar-refractivity contribution in [3.63, 3.8) is 0 Å². The quantitative estimate of drug-likeness (QED) is 0.735. The molecule has 0 atom stereocenters. The molecule has 1 aliphatic rings. The fourth-order valence-corrected chi connectivity index (χ4v) is 4.64. The van der Waals surface area contributed by atoms with Crippen LogP contribution in [0.25, 0.3) is 11.0 Å². The second kappa shape index (κ2) is 6.45. The number of H-pyrrole nitrogens is 1. The van der Waals surface area contributed by atoms with E-state index in [1.54, 1.807) is 24.3 Å². The van der Waals surface area contributed by atoms with Gasteiger partial charge in [0.2, 0.25) is 10.0 Å². The van der Waals surface area contributed by atoms with Crippen molar-refractivity contribution in [1.82, 2.24) is 15.3 Å². The number of imidazole rings is 1. The third-order valence-corrected chi connectivity index (χ3v) is 6.22. The molecule has 0 saturated carbocycles. The van der Waals surface area contributed by atoms with Crippen molar-refractivity contribution in [2.45, 2.75) is 13.0 Å². The summed E-state index contributed by atoms with van der Waals surface area (Å²) in [5.74, 6) is 0.539. The normalized spacial score (nSPS) is 16.1. The number of carbonyl (C=O) groups is 1. The minimum absolute atomic E-state index is 0.148.